The third-order valence-electron chi connectivity index (χ3n) is 5.93. The van der Waals surface area contributed by atoms with E-state index in [1.54, 1.807) is 6.20 Å². The van der Waals surface area contributed by atoms with Crippen LogP contribution in [0.15, 0.2) is 36.5 Å². The van der Waals surface area contributed by atoms with Gasteiger partial charge in [-0.25, -0.2) is 0 Å². The largest absolute Gasteiger partial charge is 0.292 e. The summed E-state index contributed by atoms with van der Waals surface area (Å²) in [5.74, 6) is 2.94. The molecule has 3 aliphatic rings. The van der Waals surface area contributed by atoms with E-state index >= 15 is 0 Å². The molecule has 2 saturated carbocycles. The zero-order valence-electron chi connectivity index (χ0n) is 12.4. The Labute approximate surface area is 126 Å². The van der Waals surface area contributed by atoms with E-state index in [0.717, 1.165) is 5.92 Å². The maximum absolute atomic E-state index is 13.0. The van der Waals surface area contributed by atoms with E-state index in [-0.39, 0.29) is 5.92 Å². The van der Waals surface area contributed by atoms with Gasteiger partial charge in [-0.05, 0) is 42.2 Å². The lowest BCUT2D eigenvalue weighted by Gasteiger charge is -2.36. The highest BCUT2D eigenvalue weighted by Gasteiger charge is 2.50. The summed E-state index contributed by atoms with van der Waals surface area (Å²) < 4.78 is 0. The van der Waals surface area contributed by atoms with Gasteiger partial charge < -0.3 is 0 Å². The fraction of sp³-hybridized carbons (Fsp3) is 0.579. The number of rotatable bonds is 3. The van der Waals surface area contributed by atoms with Gasteiger partial charge in [0, 0.05) is 12.1 Å². The minimum atomic E-state index is 0.193. The fourth-order valence-corrected chi connectivity index (χ4v) is 5.07. The van der Waals surface area contributed by atoms with E-state index in [9.17, 15) is 4.79 Å². The van der Waals surface area contributed by atoms with Crippen molar-refractivity contribution >= 4 is 5.78 Å². The van der Waals surface area contributed by atoms with Crippen molar-refractivity contribution in [1.29, 1.82) is 0 Å². The molecule has 0 spiro atoms. The van der Waals surface area contributed by atoms with E-state index in [4.69, 9.17) is 0 Å². The molecule has 0 saturated heterocycles. The van der Waals surface area contributed by atoms with Crippen LogP contribution in [0.2, 0.25) is 0 Å². The summed E-state index contributed by atoms with van der Waals surface area (Å²) in [6.45, 7) is 0. The van der Waals surface area contributed by atoms with E-state index in [2.05, 4.69) is 17.1 Å². The molecule has 0 radical (unpaired) electrons. The Bertz CT molecular complexity index is 544. The number of carbonyl (C=O) groups is 1. The first-order chi connectivity index (χ1) is 10.3. The standard InChI is InChI=1S/C19H23NO/c21-19(16-8-4-5-11-20-16)18-15-10-9-14(12-15)17(18)13-6-2-1-3-7-13/h4-5,8-11,13-15,17-18H,1-3,6-7,12H2/t14-,15+,17+,18+/m1/s1. The summed E-state index contributed by atoms with van der Waals surface area (Å²) in [6, 6.07) is 5.70. The van der Waals surface area contributed by atoms with Crippen LogP contribution in [0.25, 0.3) is 0 Å². The molecule has 0 unspecified atom stereocenters. The number of allylic oxidation sites excluding steroid dienone is 2. The van der Waals surface area contributed by atoms with Crippen LogP contribution in [-0.2, 0) is 0 Å². The molecule has 0 aliphatic heterocycles. The number of nitrogens with zero attached hydrogens (tertiary/aromatic N) is 1. The van der Waals surface area contributed by atoms with Crippen LogP contribution in [-0.4, -0.2) is 10.8 Å². The van der Waals surface area contributed by atoms with Crippen molar-refractivity contribution in [3.63, 3.8) is 0 Å². The summed E-state index contributed by atoms with van der Waals surface area (Å²) in [4.78, 5) is 17.3. The molecule has 1 aromatic rings. The van der Waals surface area contributed by atoms with Crippen molar-refractivity contribution in [1.82, 2.24) is 4.98 Å². The minimum Gasteiger partial charge on any atom is -0.292 e. The Morgan fingerprint density at radius 1 is 1.05 bits per heavy atom. The molecule has 2 heteroatoms. The second-order valence-corrected chi connectivity index (χ2v) is 7.03. The van der Waals surface area contributed by atoms with Crippen LogP contribution in [0.4, 0.5) is 0 Å². The molecule has 1 heterocycles. The quantitative estimate of drug-likeness (QED) is 0.611. The molecule has 1 aromatic heterocycles. The van der Waals surface area contributed by atoms with Crippen LogP contribution in [0.1, 0.15) is 49.0 Å². The van der Waals surface area contributed by atoms with Crippen molar-refractivity contribution in [3.8, 4) is 0 Å². The molecular weight excluding hydrogens is 258 g/mol. The van der Waals surface area contributed by atoms with Gasteiger partial charge in [0.15, 0.2) is 5.78 Å². The number of hydrogen-bond acceptors (Lipinski definition) is 2. The van der Waals surface area contributed by atoms with Gasteiger partial charge in [0.1, 0.15) is 5.69 Å². The highest BCUT2D eigenvalue weighted by Crippen LogP contribution is 2.54. The van der Waals surface area contributed by atoms with Gasteiger partial charge in [0.25, 0.3) is 0 Å². The van der Waals surface area contributed by atoms with Crippen LogP contribution in [0.3, 0.4) is 0 Å². The van der Waals surface area contributed by atoms with E-state index in [1.165, 1.54) is 38.5 Å². The molecule has 4 rings (SSSR count). The van der Waals surface area contributed by atoms with E-state index in [0.29, 0.717) is 29.2 Å². The molecule has 0 N–H and O–H groups in total. The molecule has 2 nitrogen and oxygen atoms in total. The predicted octanol–water partition coefficient (Wildman–Crippen LogP) is 4.28. The first kappa shape index (κ1) is 13.2. The maximum atomic E-state index is 13.0. The third kappa shape index (κ3) is 2.25. The Hall–Kier alpha value is -1.44. The van der Waals surface area contributed by atoms with Crippen LogP contribution < -0.4 is 0 Å². The smallest absolute Gasteiger partial charge is 0.185 e. The molecule has 21 heavy (non-hydrogen) atoms. The lowest BCUT2D eigenvalue weighted by molar-refractivity contribution is 0.0778. The average molecular weight is 281 g/mol. The van der Waals surface area contributed by atoms with Gasteiger partial charge in [-0.3, -0.25) is 9.78 Å². The summed E-state index contributed by atoms with van der Waals surface area (Å²) in [5.41, 5.74) is 0.671. The van der Waals surface area contributed by atoms with Gasteiger partial charge in [0.2, 0.25) is 0 Å². The maximum Gasteiger partial charge on any atom is 0.185 e. The van der Waals surface area contributed by atoms with Crippen molar-refractivity contribution in [2.24, 2.45) is 29.6 Å². The first-order valence-electron chi connectivity index (χ1n) is 8.48. The summed E-state index contributed by atoms with van der Waals surface area (Å²) in [7, 11) is 0. The van der Waals surface area contributed by atoms with Crippen LogP contribution >= 0.6 is 0 Å². The van der Waals surface area contributed by atoms with Gasteiger partial charge in [-0.2, -0.15) is 0 Å². The van der Waals surface area contributed by atoms with Crippen molar-refractivity contribution in [3.05, 3.63) is 42.2 Å². The zero-order chi connectivity index (χ0) is 14.2. The molecule has 3 aliphatic carbocycles. The molecular formula is C19H23NO. The van der Waals surface area contributed by atoms with Gasteiger partial charge in [-0.1, -0.05) is 50.3 Å². The van der Waals surface area contributed by atoms with E-state index in [1.807, 2.05) is 18.2 Å². The molecule has 0 amide bonds. The number of fused-ring (bicyclic) bond motifs is 2. The van der Waals surface area contributed by atoms with Gasteiger partial charge in [0.05, 0.1) is 0 Å². The fourth-order valence-electron chi connectivity index (χ4n) is 5.07. The van der Waals surface area contributed by atoms with Crippen molar-refractivity contribution < 1.29 is 4.79 Å². The highest BCUT2D eigenvalue weighted by atomic mass is 16.1. The second kappa shape index (κ2) is 5.40. The Morgan fingerprint density at radius 3 is 2.62 bits per heavy atom. The Morgan fingerprint density at radius 2 is 1.86 bits per heavy atom. The number of pyridine rings is 1. The van der Waals surface area contributed by atoms with Gasteiger partial charge >= 0.3 is 0 Å². The molecule has 2 bridgehead atoms. The predicted molar refractivity (Wildman–Crippen MR) is 82.9 cm³/mol. The SMILES string of the molecule is O=C(c1ccccn1)[C@@H]1[C@@H](C2CCCCC2)[C@@H]2C=C[C@H]1C2. The van der Waals surface area contributed by atoms with Crippen LogP contribution in [0, 0.1) is 29.6 Å². The normalized spacial score (nSPS) is 35.2. The molecule has 0 aromatic carbocycles. The van der Waals surface area contributed by atoms with Crippen molar-refractivity contribution in [2.45, 2.75) is 38.5 Å². The number of hydrogen-bond donors (Lipinski definition) is 0. The average Bonchev–Trinajstić information content (AvgIpc) is 3.17. The summed E-state index contributed by atoms with van der Waals surface area (Å²) >= 11 is 0. The lowest BCUT2D eigenvalue weighted by atomic mass is 9.68. The second-order valence-electron chi connectivity index (χ2n) is 7.03. The first-order valence-corrected chi connectivity index (χ1v) is 8.48. The minimum absolute atomic E-state index is 0.193. The van der Waals surface area contributed by atoms with Crippen molar-refractivity contribution in [2.75, 3.05) is 0 Å². The van der Waals surface area contributed by atoms with Crippen LogP contribution in [0.5, 0.6) is 0 Å². The third-order valence-corrected chi connectivity index (χ3v) is 5.93. The number of aromatic nitrogens is 1. The monoisotopic (exact) mass is 281 g/mol. The molecule has 4 atom stereocenters. The summed E-state index contributed by atoms with van der Waals surface area (Å²) in [6.07, 6.45) is 14.4. The molecule has 110 valence electrons. The summed E-state index contributed by atoms with van der Waals surface area (Å²) in [5, 5.41) is 0. The number of Topliss-reactive ketones (excluding diaryl/α,β-unsaturated/α-hetero) is 1. The Balaban J connectivity index is 1.62. The lowest BCUT2D eigenvalue weighted by Crippen LogP contribution is -2.34. The topological polar surface area (TPSA) is 30.0 Å². The zero-order valence-corrected chi connectivity index (χ0v) is 12.4. The highest BCUT2D eigenvalue weighted by molar-refractivity contribution is 5.97. The number of ketones is 1. The Kier molecular flexibility index (Phi) is 3.40. The van der Waals surface area contributed by atoms with Gasteiger partial charge in [-0.15, -0.1) is 0 Å². The number of carbonyl (C=O) groups excluding carboxylic acids is 1. The van der Waals surface area contributed by atoms with E-state index < -0.39 is 0 Å². The molecule has 2 fully saturated rings.